The third kappa shape index (κ3) is 4.67. The summed E-state index contributed by atoms with van der Waals surface area (Å²) < 4.78 is 11.0. The second kappa shape index (κ2) is 8.80. The number of hydrogen-bond donors (Lipinski definition) is 2. The summed E-state index contributed by atoms with van der Waals surface area (Å²) in [5, 5.41) is 2.87. The number of nitrogens with zero attached hydrogens (tertiary/aromatic N) is 1. The van der Waals surface area contributed by atoms with E-state index in [1.807, 2.05) is 54.6 Å². The molecular weight excluding hydrogens is 378 g/mol. The molecule has 1 heterocycles. The molecule has 0 radical (unpaired) electrons. The van der Waals surface area contributed by atoms with Crippen LogP contribution in [-0.2, 0) is 17.6 Å². The van der Waals surface area contributed by atoms with Gasteiger partial charge in [-0.2, -0.15) is 0 Å². The SMILES string of the molecule is COc1ccc(Cc2nc3cc(NC(=O)[C@H](N)Cc4ccccc4)ccc3o2)cc1. The zero-order valence-corrected chi connectivity index (χ0v) is 16.7. The number of rotatable bonds is 7. The summed E-state index contributed by atoms with van der Waals surface area (Å²) in [4.78, 5) is 17.0. The topological polar surface area (TPSA) is 90.4 Å². The molecule has 3 aromatic carbocycles. The van der Waals surface area contributed by atoms with Crippen molar-refractivity contribution in [2.24, 2.45) is 5.73 Å². The average molecular weight is 401 g/mol. The van der Waals surface area contributed by atoms with Crippen LogP contribution in [0.15, 0.2) is 77.2 Å². The summed E-state index contributed by atoms with van der Waals surface area (Å²) in [5.41, 5.74) is 10.2. The van der Waals surface area contributed by atoms with Gasteiger partial charge in [-0.1, -0.05) is 42.5 Å². The van der Waals surface area contributed by atoms with Gasteiger partial charge in [0, 0.05) is 12.1 Å². The number of carbonyl (C=O) groups is 1. The molecule has 3 N–H and O–H groups in total. The lowest BCUT2D eigenvalue weighted by molar-refractivity contribution is -0.117. The Morgan fingerprint density at radius 2 is 1.83 bits per heavy atom. The predicted molar refractivity (Wildman–Crippen MR) is 117 cm³/mol. The fourth-order valence-electron chi connectivity index (χ4n) is 3.24. The Balaban J connectivity index is 1.43. The number of fused-ring (bicyclic) bond motifs is 1. The molecule has 4 rings (SSSR count). The molecule has 0 saturated heterocycles. The molecule has 0 aliphatic heterocycles. The van der Waals surface area contributed by atoms with Crippen molar-refractivity contribution in [3.63, 3.8) is 0 Å². The van der Waals surface area contributed by atoms with Crippen molar-refractivity contribution in [2.45, 2.75) is 18.9 Å². The van der Waals surface area contributed by atoms with Gasteiger partial charge in [0.25, 0.3) is 0 Å². The maximum absolute atomic E-state index is 12.5. The Hall–Kier alpha value is -3.64. The van der Waals surface area contributed by atoms with Crippen molar-refractivity contribution >= 4 is 22.7 Å². The first kappa shape index (κ1) is 19.7. The molecule has 0 fully saturated rings. The summed E-state index contributed by atoms with van der Waals surface area (Å²) >= 11 is 0. The number of hydrogen-bond acceptors (Lipinski definition) is 5. The lowest BCUT2D eigenvalue weighted by atomic mass is 10.1. The minimum atomic E-state index is -0.633. The van der Waals surface area contributed by atoms with Crippen LogP contribution in [-0.4, -0.2) is 24.0 Å². The van der Waals surface area contributed by atoms with Crippen LogP contribution in [0.1, 0.15) is 17.0 Å². The second-order valence-electron chi connectivity index (χ2n) is 7.10. The summed E-state index contributed by atoms with van der Waals surface area (Å²) in [6, 6.07) is 22.2. The molecule has 1 atom stereocenters. The van der Waals surface area contributed by atoms with Crippen LogP contribution in [0, 0.1) is 0 Å². The Labute approximate surface area is 174 Å². The van der Waals surface area contributed by atoms with Crippen LogP contribution in [0.5, 0.6) is 5.75 Å². The van der Waals surface area contributed by atoms with Crippen LogP contribution in [0.3, 0.4) is 0 Å². The molecular formula is C24H23N3O3. The maximum Gasteiger partial charge on any atom is 0.241 e. The van der Waals surface area contributed by atoms with Gasteiger partial charge in [0.1, 0.15) is 11.3 Å². The quantitative estimate of drug-likeness (QED) is 0.490. The van der Waals surface area contributed by atoms with Crippen LogP contribution >= 0.6 is 0 Å². The van der Waals surface area contributed by atoms with E-state index in [4.69, 9.17) is 14.9 Å². The number of amides is 1. The molecule has 0 bridgehead atoms. The van der Waals surface area contributed by atoms with Crippen molar-refractivity contribution in [1.82, 2.24) is 4.98 Å². The number of ether oxygens (including phenoxy) is 1. The summed E-state index contributed by atoms with van der Waals surface area (Å²) in [5.74, 6) is 1.18. The molecule has 30 heavy (non-hydrogen) atoms. The van der Waals surface area contributed by atoms with Crippen LogP contribution < -0.4 is 15.8 Å². The molecule has 0 aliphatic carbocycles. The highest BCUT2D eigenvalue weighted by Crippen LogP contribution is 2.22. The summed E-state index contributed by atoms with van der Waals surface area (Å²) in [6.45, 7) is 0. The summed E-state index contributed by atoms with van der Waals surface area (Å²) in [6.07, 6.45) is 1.05. The number of nitrogens with two attached hydrogens (primary N) is 1. The smallest absolute Gasteiger partial charge is 0.241 e. The van der Waals surface area contributed by atoms with Crippen molar-refractivity contribution in [3.8, 4) is 5.75 Å². The van der Waals surface area contributed by atoms with E-state index in [9.17, 15) is 4.79 Å². The Morgan fingerprint density at radius 1 is 1.07 bits per heavy atom. The standard InChI is InChI=1S/C24H23N3O3/c1-29-19-10-7-17(8-11-19)14-23-27-21-15-18(9-12-22(21)30-23)26-24(28)20(25)13-16-5-3-2-4-6-16/h2-12,15,20H,13-14,25H2,1H3,(H,26,28)/t20-/m1/s1. The van der Waals surface area contributed by atoms with E-state index in [0.717, 1.165) is 16.9 Å². The molecule has 1 aromatic heterocycles. The number of nitrogens with one attached hydrogen (secondary N) is 1. The van der Waals surface area contributed by atoms with E-state index in [0.29, 0.717) is 35.5 Å². The third-order valence-electron chi connectivity index (χ3n) is 4.85. The molecule has 0 unspecified atom stereocenters. The van der Waals surface area contributed by atoms with E-state index in [1.54, 1.807) is 25.3 Å². The Bertz CT molecular complexity index is 1140. The van der Waals surface area contributed by atoms with Gasteiger partial charge in [0.05, 0.1) is 13.2 Å². The summed E-state index contributed by atoms with van der Waals surface area (Å²) in [7, 11) is 1.64. The van der Waals surface area contributed by atoms with Gasteiger partial charge in [-0.25, -0.2) is 4.98 Å². The first-order valence-electron chi connectivity index (χ1n) is 9.73. The lowest BCUT2D eigenvalue weighted by Gasteiger charge is -2.12. The van der Waals surface area contributed by atoms with Gasteiger partial charge in [-0.05, 0) is 47.9 Å². The average Bonchev–Trinajstić information content (AvgIpc) is 3.16. The normalized spacial score (nSPS) is 11.9. The van der Waals surface area contributed by atoms with Crippen LogP contribution in [0.4, 0.5) is 5.69 Å². The zero-order valence-electron chi connectivity index (χ0n) is 16.7. The fourth-order valence-corrected chi connectivity index (χ4v) is 3.24. The Morgan fingerprint density at radius 3 is 2.57 bits per heavy atom. The van der Waals surface area contributed by atoms with E-state index in [2.05, 4.69) is 10.3 Å². The molecule has 1 amide bonds. The van der Waals surface area contributed by atoms with Gasteiger partial charge in [-0.3, -0.25) is 4.79 Å². The highest BCUT2D eigenvalue weighted by atomic mass is 16.5. The highest BCUT2D eigenvalue weighted by molar-refractivity contribution is 5.96. The van der Waals surface area contributed by atoms with E-state index in [-0.39, 0.29) is 5.91 Å². The number of methoxy groups -OCH3 is 1. The molecule has 6 nitrogen and oxygen atoms in total. The number of carbonyl (C=O) groups excluding carboxylic acids is 1. The van der Waals surface area contributed by atoms with Gasteiger partial charge in [0.2, 0.25) is 5.91 Å². The minimum absolute atomic E-state index is 0.236. The van der Waals surface area contributed by atoms with Gasteiger partial charge in [0.15, 0.2) is 11.5 Å². The van der Waals surface area contributed by atoms with Crippen LogP contribution in [0.25, 0.3) is 11.1 Å². The number of benzene rings is 3. The van der Waals surface area contributed by atoms with Crippen LogP contribution in [0.2, 0.25) is 0 Å². The van der Waals surface area contributed by atoms with E-state index < -0.39 is 6.04 Å². The third-order valence-corrected chi connectivity index (χ3v) is 4.85. The van der Waals surface area contributed by atoms with E-state index in [1.165, 1.54) is 0 Å². The van der Waals surface area contributed by atoms with Crippen molar-refractivity contribution < 1.29 is 13.9 Å². The van der Waals surface area contributed by atoms with Crippen molar-refractivity contribution in [2.75, 3.05) is 12.4 Å². The first-order chi connectivity index (χ1) is 14.6. The monoisotopic (exact) mass is 401 g/mol. The fraction of sp³-hybridized carbons (Fsp3) is 0.167. The number of aromatic nitrogens is 1. The van der Waals surface area contributed by atoms with Crippen molar-refractivity contribution in [3.05, 3.63) is 89.8 Å². The number of oxazole rings is 1. The first-order valence-corrected chi connectivity index (χ1v) is 9.73. The largest absolute Gasteiger partial charge is 0.497 e. The second-order valence-corrected chi connectivity index (χ2v) is 7.10. The molecule has 6 heteroatoms. The van der Waals surface area contributed by atoms with Gasteiger partial charge in [-0.15, -0.1) is 0 Å². The molecule has 0 saturated carbocycles. The lowest BCUT2D eigenvalue weighted by Crippen LogP contribution is -2.37. The van der Waals surface area contributed by atoms with Crippen molar-refractivity contribution in [1.29, 1.82) is 0 Å². The maximum atomic E-state index is 12.5. The van der Waals surface area contributed by atoms with Gasteiger partial charge < -0.3 is 20.2 Å². The number of anilines is 1. The molecule has 0 aliphatic rings. The Kier molecular flexibility index (Phi) is 5.77. The highest BCUT2D eigenvalue weighted by Gasteiger charge is 2.15. The molecule has 4 aromatic rings. The molecule has 0 spiro atoms. The van der Waals surface area contributed by atoms with E-state index >= 15 is 0 Å². The molecule has 152 valence electrons. The zero-order chi connectivity index (χ0) is 20.9. The predicted octanol–water partition coefficient (Wildman–Crippen LogP) is 3.94. The minimum Gasteiger partial charge on any atom is -0.497 e. The van der Waals surface area contributed by atoms with Gasteiger partial charge >= 0.3 is 0 Å².